The summed E-state index contributed by atoms with van der Waals surface area (Å²) in [5.41, 5.74) is 1.47. The van der Waals surface area contributed by atoms with Crippen LogP contribution >= 0.6 is 11.6 Å². The van der Waals surface area contributed by atoms with Crippen LogP contribution in [0.4, 0.5) is 0 Å². The number of aromatic nitrogens is 2. The van der Waals surface area contributed by atoms with Crippen molar-refractivity contribution >= 4 is 17.5 Å². The summed E-state index contributed by atoms with van der Waals surface area (Å²) < 4.78 is 1.75. The molecule has 1 aromatic heterocycles. The number of carbonyl (C=O) groups excluding carboxylic acids is 1. The zero-order valence-electron chi connectivity index (χ0n) is 13.2. The molecule has 0 bridgehead atoms. The van der Waals surface area contributed by atoms with E-state index in [2.05, 4.69) is 29.5 Å². The lowest BCUT2D eigenvalue weighted by Crippen LogP contribution is -2.48. The van der Waals surface area contributed by atoms with Crippen LogP contribution in [-0.4, -0.2) is 40.2 Å². The third kappa shape index (κ3) is 3.41. The normalized spacial score (nSPS) is 18.2. The van der Waals surface area contributed by atoms with Crippen LogP contribution in [0.2, 0.25) is 5.02 Å². The van der Waals surface area contributed by atoms with Gasteiger partial charge in [0.15, 0.2) is 5.69 Å². The fraction of sp³-hybridized carbons (Fsp3) is 0.412. The molecule has 1 amide bonds. The number of benzene rings is 1. The first-order valence-electron chi connectivity index (χ1n) is 8.00. The van der Waals surface area contributed by atoms with Gasteiger partial charge in [-0.05, 0) is 12.0 Å². The van der Waals surface area contributed by atoms with E-state index in [1.54, 1.807) is 10.9 Å². The molecule has 122 valence electrons. The molecular weight excluding hydrogens is 312 g/mol. The Bertz CT molecular complexity index is 670. The number of nitrogens with zero attached hydrogens (tertiary/aromatic N) is 3. The molecule has 1 saturated heterocycles. The molecule has 1 unspecified atom stereocenters. The first-order chi connectivity index (χ1) is 11.2. The number of nitrogens with one attached hydrogen (secondary N) is 1. The summed E-state index contributed by atoms with van der Waals surface area (Å²) in [6.07, 6.45) is 2.68. The average molecular weight is 333 g/mol. The molecule has 2 heterocycles. The van der Waals surface area contributed by atoms with Crippen molar-refractivity contribution in [1.29, 1.82) is 0 Å². The van der Waals surface area contributed by atoms with Gasteiger partial charge in [0.25, 0.3) is 5.91 Å². The Hall–Kier alpha value is -1.85. The number of halogens is 1. The summed E-state index contributed by atoms with van der Waals surface area (Å²) in [4.78, 5) is 14.8. The predicted molar refractivity (Wildman–Crippen MR) is 90.6 cm³/mol. The van der Waals surface area contributed by atoms with Crippen LogP contribution in [0, 0.1) is 0 Å². The number of hydrogen-bond donors (Lipinski definition) is 1. The Morgan fingerprint density at radius 1 is 1.39 bits per heavy atom. The molecule has 0 spiro atoms. The summed E-state index contributed by atoms with van der Waals surface area (Å²) in [7, 11) is 0. The smallest absolute Gasteiger partial charge is 0.276 e. The maximum absolute atomic E-state index is 13.0. The molecule has 0 aliphatic carbocycles. The molecule has 1 fully saturated rings. The summed E-state index contributed by atoms with van der Waals surface area (Å²) >= 11 is 6.24. The van der Waals surface area contributed by atoms with Crippen molar-refractivity contribution < 1.29 is 4.79 Å². The van der Waals surface area contributed by atoms with Gasteiger partial charge in [0.2, 0.25) is 0 Å². The molecule has 5 nitrogen and oxygen atoms in total. The standard InChI is InChI=1S/C17H21ClN4O/c1-2-9-21-12-14(18)16(20-21)17(23)22-10-8-19-11-15(22)13-6-4-3-5-7-13/h3-7,12,15,19H,2,8-11H2,1H3. The van der Waals surface area contributed by atoms with Gasteiger partial charge in [0.05, 0.1) is 11.1 Å². The number of hydrogen-bond acceptors (Lipinski definition) is 3. The van der Waals surface area contributed by atoms with E-state index in [0.29, 0.717) is 17.3 Å². The van der Waals surface area contributed by atoms with E-state index >= 15 is 0 Å². The van der Waals surface area contributed by atoms with Crippen molar-refractivity contribution in [2.75, 3.05) is 19.6 Å². The second-order valence-corrected chi connectivity index (χ2v) is 6.13. The lowest BCUT2D eigenvalue weighted by atomic mass is 10.0. The highest BCUT2D eigenvalue weighted by molar-refractivity contribution is 6.33. The van der Waals surface area contributed by atoms with E-state index < -0.39 is 0 Å². The highest BCUT2D eigenvalue weighted by atomic mass is 35.5. The monoisotopic (exact) mass is 332 g/mol. The lowest BCUT2D eigenvalue weighted by Gasteiger charge is -2.36. The molecular formula is C17H21ClN4O. The molecule has 1 aliphatic rings. The summed E-state index contributed by atoms with van der Waals surface area (Å²) in [6, 6.07) is 10.1. The molecule has 23 heavy (non-hydrogen) atoms. The van der Waals surface area contributed by atoms with Crippen LogP contribution in [0.25, 0.3) is 0 Å². The Labute approximate surface area is 141 Å². The number of piperazine rings is 1. The molecule has 1 N–H and O–H groups in total. The molecule has 3 rings (SSSR count). The van der Waals surface area contributed by atoms with Crippen molar-refractivity contribution in [3.05, 3.63) is 52.8 Å². The second kappa shape index (κ2) is 7.15. The Morgan fingerprint density at radius 2 is 2.17 bits per heavy atom. The van der Waals surface area contributed by atoms with Crippen LogP contribution < -0.4 is 5.32 Å². The molecule has 0 radical (unpaired) electrons. The Kier molecular flexibility index (Phi) is 4.98. The molecule has 1 aromatic carbocycles. The van der Waals surface area contributed by atoms with Crippen molar-refractivity contribution in [2.24, 2.45) is 0 Å². The number of aryl methyl sites for hydroxylation is 1. The molecule has 1 atom stereocenters. The van der Waals surface area contributed by atoms with E-state index in [0.717, 1.165) is 31.6 Å². The van der Waals surface area contributed by atoms with E-state index in [9.17, 15) is 4.79 Å². The number of carbonyl (C=O) groups is 1. The van der Waals surface area contributed by atoms with Gasteiger partial charge in [-0.1, -0.05) is 48.9 Å². The van der Waals surface area contributed by atoms with Gasteiger partial charge in [0.1, 0.15) is 0 Å². The fourth-order valence-corrected chi connectivity index (χ4v) is 3.17. The molecule has 6 heteroatoms. The van der Waals surface area contributed by atoms with Gasteiger partial charge < -0.3 is 10.2 Å². The first-order valence-corrected chi connectivity index (χ1v) is 8.38. The predicted octanol–water partition coefficient (Wildman–Crippen LogP) is 2.73. The van der Waals surface area contributed by atoms with Crippen LogP contribution in [0.1, 0.15) is 35.4 Å². The maximum atomic E-state index is 13.0. The van der Waals surface area contributed by atoms with Gasteiger partial charge in [-0.3, -0.25) is 9.48 Å². The molecule has 1 aliphatic heterocycles. The Morgan fingerprint density at radius 3 is 2.91 bits per heavy atom. The number of rotatable bonds is 4. The van der Waals surface area contributed by atoms with E-state index in [1.165, 1.54) is 0 Å². The quantitative estimate of drug-likeness (QED) is 0.936. The topological polar surface area (TPSA) is 50.2 Å². The van der Waals surface area contributed by atoms with Crippen LogP contribution in [-0.2, 0) is 6.54 Å². The van der Waals surface area contributed by atoms with Crippen molar-refractivity contribution in [3.63, 3.8) is 0 Å². The van der Waals surface area contributed by atoms with Gasteiger partial charge in [0, 0.05) is 32.4 Å². The number of amides is 1. The molecule has 2 aromatic rings. The third-order valence-electron chi connectivity index (χ3n) is 4.06. The lowest BCUT2D eigenvalue weighted by molar-refractivity contribution is 0.0627. The van der Waals surface area contributed by atoms with Crippen LogP contribution in [0.3, 0.4) is 0 Å². The maximum Gasteiger partial charge on any atom is 0.276 e. The first kappa shape index (κ1) is 16.0. The fourth-order valence-electron chi connectivity index (χ4n) is 2.94. The minimum Gasteiger partial charge on any atom is -0.328 e. The van der Waals surface area contributed by atoms with Crippen molar-refractivity contribution in [1.82, 2.24) is 20.0 Å². The third-order valence-corrected chi connectivity index (χ3v) is 4.34. The van der Waals surface area contributed by atoms with Gasteiger partial charge >= 0.3 is 0 Å². The highest BCUT2D eigenvalue weighted by Crippen LogP contribution is 2.26. The van der Waals surface area contributed by atoms with Crippen molar-refractivity contribution in [2.45, 2.75) is 25.9 Å². The summed E-state index contributed by atoms with van der Waals surface area (Å²) in [5, 5.41) is 8.16. The summed E-state index contributed by atoms with van der Waals surface area (Å²) in [5.74, 6) is -0.0970. The zero-order chi connectivity index (χ0) is 16.2. The minimum atomic E-state index is -0.0970. The van der Waals surface area contributed by atoms with Gasteiger partial charge in [-0.2, -0.15) is 5.10 Å². The second-order valence-electron chi connectivity index (χ2n) is 5.72. The largest absolute Gasteiger partial charge is 0.328 e. The van der Waals surface area contributed by atoms with Crippen molar-refractivity contribution in [3.8, 4) is 0 Å². The highest BCUT2D eigenvalue weighted by Gasteiger charge is 2.31. The Balaban J connectivity index is 1.87. The van der Waals surface area contributed by atoms with E-state index in [-0.39, 0.29) is 11.9 Å². The van der Waals surface area contributed by atoms with Crippen LogP contribution in [0.5, 0.6) is 0 Å². The molecule has 0 saturated carbocycles. The van der Waals surface area contributed by atoms with Crippen LogP contribution in [0.15, 0.2) is 36.5 Å². The minimum absolute atomic E-state index is 0.00448. The van der Waals surface area contributed by atoms with E-state index in [4.69, 9.17) is 11.6 Å². The average Bonchev–Trinajstić information content (AvgIpc) is 2.96. The van der Waals surface area contributed by atoms with E-state index in [1.807, 2.05) is 23.1 Å². The van der Waals surface area contributed by atoms with Gasteiger partial charge in [-0.15, -0.1) is 0 Å². The SMILES string of the molecule is CCCn1cc(Cl)c(C(=O)N2CCNCC2c2ccccc2)n1. The summed E-state index contributed by atoms with van der Waals surface area (Å²) in [6.45, 7) is 5.00. The van der Waals surface area contributed by atoms with Gasteiger partial charge in [-0.25, -0.2) is 0 Å². The zero-order valence-corrected chi connectivity index (χ0v) is 14.0.